The number of urea groups is 1. The van der Waals surface area contributed by atoms with Crippen molar-refractivity contribution < 1.29 is 14.7 Å². The van der Waals surface area contributed by atoms with Crippen LogP contribution >= 0.6 is 0 Å². The molecule has 4 rings (SSSR count). The van der Waals surface area contributed by atoms with Gasteiger partial charge in [0, 0.05) is 40.2 Å². The number of carbonyl (C=O) groups is 2. The summed E-state index contributed by atoms with van der Waals surface area (Å²) in [6.07, 6.45) is 2.68. The summed E-state index contributed by atoms with van der Waals surface area (Å²) in [5.74, 6) is -1.02. The number of aromatic carboxylic acids is 1. The molecule has 0 unspecified atom stereocenters. The van der Waals surface area contributed by atoms with Gasteiger partial charge in [-0.05, 0) is 42.3 Å². The third-order valence-corrected chi connectivity index (χ3v) is 4.46. The maximum absolute atomic E-state index is 12.1. The SMILES string of the molecule is O=C(NCCc1c[nH]c2ccccc12)Nc1ccc2[nH]c(C(=O)O)cc2c1. The molecular weight excluding hydrogens is 344 g/mol. The summed E-state index contributed by atoms with van der Waals surface area (Å²) in [7, 11) is 0. The van der Waals surface area contributed by atoms with Crippen LogP contribution in [0.15, 0.2) is 54.7 Å². The van der Waals surface area contributed by atoms with E-state index >= 15 is 0 Å². The molecule has 0 spiro atoms. The molecule has 5 N–H and O–H groups in total. The van der Waals surface area contributed by atoms with Gasteiger partial charge < -0.3 is 25.7 Å². The third kappa shape index (κ3) is 3.48. The average molecular weight is 362 g/mol. The van der Waals surface area contributed by atoms with E-state index in [0.717, 1.165) is 28.3 Å². The molecule has 136 valence electrons. The van der Waals surface area contributed by atoms with Crippen molar-refractivity contribution >= 4 is 39.5 Å². The van der Waals surface area contributed by atoms with Gasteiger partial charge in [-0.25, -0.2) is 9.59 Å². The zero-order valence-corrected chi connectivity index (χ0v) is 14.4. The van der Waals surface area contributed by atoms with Gasteiger partial charge in [-0.2, -0.15) is 0 Å². The second-order valence-corrected chi connectivity index (χ2v) is 6.28. The highest BCUT2D eigenvalue weighted by molar-refractivity contribution is 5.97. The fourth-order valence-electron chi connectivity index (χ4n) is 3.15. The molecule has 0 atom stereocenters. The molecule has 7 heteroatoms. The lowest BCUT2D eigenvalue weighted by Crippen LogP contribution is -2.30. The molecule has 2 amide bonds. The van der Waals surface area contributed by atoms with Crippen LogP contribution in [0.4, 0.5) is 10.5 Å². The van der Waals surface area contributed by atoms with E-state index < -0.39 is 5.97 Å². The van der Waals surface area contributed by atoms with Gasteiger partial charge in [-0.1, -0.05) is 18.2 Å². The number of anilines is 1. The van der Waals surface area contributed by atoms with E-state index in [1.807, 2.05) is 24.4 Å². The van der Waals surface area contributed by atoms with Gasteiger partial charge in [0.05, 0.1) is 0 Å². The van der Waals surface area contributed by atoms with Crippen LogP contribution in [0.5, 0.6) is 0 Å². The van der Waals surface area contributed by atoms with Crippen LogP contribution in [0.1, 0.15) is 16.1 Å². The first-order valence-electron chi connectivity index (χ1n) is 8.56. The van der Waals surface area contributed by atoms with Crippen LogP contribution in [-0.2, 0) is 6.42 Å². The lowest BCUT2D eigenvalue weighted by molar-refractivity contribution is 0.0691. The summed E-state index contributed by atoms with van der Waals surface area (Å²) >= 11 is 0. The van der Waals surface area contributed by atoms with Crippen molar-refractivity contribution in [3.63, 3.8) is 0 Å². The summed E-state index contributed by atoms with van der Waals surface area (Å²) in [6, 6.07) is 14.5. The number of hydrogen-bond donors (Lipinski definition) is 5. The van der Waals surface area contributed by atoms with Crippen molar-refractivity contribution in [3.8, 4) is 0 Å². The van der Waals surface area contributed by atoms with Gasteiger partial charge >= 0.3 is 12.0 Å². The normalized spacial score (nSPS) is 11.0. The number of aromatic amines is 2. The third-order valence-electron chi connectivity index (χ3n) is 4.46. The molecule has 0 aliphatic carbocycles. The smallest absolute Gasteiger partial charge is 0.352 e. The molecule has 7 nitrogen and oxygen atoms in total. The standard InChI is InChI=1S/C20H18N4O3/c25-19(26)18-10-13-9-14(5-6-16(13)24-18)23-20(27)21-8-7-12-11-22-17-4-2-1-3-15(12)17/h1-6,9-11,22,24H,7-8H2,(H,25,26)(H2,21,23,27). The minimum Gasteiger partial charge on any atom is -0.477 e. The average Bonchev–Trinajstić information content (AvgIpc) is 3.26. The Bertz CT molecular complexity index is 1140. The van der Waals surface area contributed by atoms with Crippen molar-refractivity contribution in [1.82, 2.24) is 15.3 Å². The van der Waals surface area contributed by atoms with E-state index in [1.165, 1.54) is 6.07 Å². The minimum atomic E-state index is -1.02. The van der Waals surface area contributed by atoms with Crippen molar-refractivity contribution in [3.05, 3.63) is 66.0 Å². The largest absolute Gasteiger partial charge is 0.477 e. The van der Waals surface area contributed by atoms with E-state index in [0.29, 0.717) is 17.7 Å². The Morgan fingerprint density at radius 2 is 1.89 bits per heavy atom. The Labute approximate surface area is 154 Å². The van der Waals surface area contributed by atoms with E-state index in [1.54, 1.807) is 18.2 Å². The Morgan fingerprint density at radius 3 is 2.74 bits per heavy atom. The van der Waals surface area contributed by atoms with Gasteiger partial charge in [-0.3, -0.25) is 0 Å². The molecule has 0 aliphatic rings. The van der Waals surface area contributed by atoms with Crippen LogP contribution in [-0.4, -0.2) is 33.6 Å². The number of fused-ring (bicyclic) bond motifs is 2. The molecule has 0 fully saturated rings. The van der Waals surface area contributed by atoms with Crippen LogP contribution in [0, 0.1) is 0 Å². The first-order valence-corrected chi connectivity index (χ1v) is 8.56. The number of hydrogen-bond acceptors (Lipinski definition) is 2. The number of carbonyl (C=O) groups excluding carboxylic acids is 1. The predicted octanol–water partition coefficient (Wildman–Crippen LogP) is 3.71. The number of nitrogens with one attached hydrogen (secondary N) is 4. The molecule has 0 saturated carbocycles. The van der Waals surface area contributed by atoms with Crippen molar-refractivity contribution in [2.24, 2.45) is 0 Å². The molecule has 0 bridgehead atoms. The molecule has 4 aromatic rings. The Kier molecular flexibility index (Phi) is 4.25. The molecular formula is C20H18N4O3. The first kappa shape index (κ1) is 16.7. The fraction of sp³-hybridized carbons (Fsp3) is 0.100. The first-order chi connectivity index (χ1) is 13.1. The second kappa shape index (κ2) is 6.87. The zero-order valence-electron chi connectivity index (χ0n) is 14.4. The Hall–Kier alpha value is -3.74. The van der Waals surface area contributed by atoms with E-state index in [4.69, 9.17) is 5.11 Å². The molecule has 0 radical (unpaired) electrons. The Balaban J connectivity index is 1.36. The molecule has 0 saturated heterocycles. The molecule has 2 heterocycles. The number of H-pyrrole nitrogens is 2. The quantitative estimate of drug-likeness (QED) is 0.373. The monoisotopic (exact) mass is 362 g/mol. The van der Waals surface area contributed by atoms with Crippen molar-refractivity contribution in [1.29, 1.82) is 0 Å². The zero-order chi connectivity index (χ0) is 18.8. The maximum atomic E-state index is 12.1. The lowest BCUT2D eigenvalue weighted by atomic mass is 10.1. The number of benzene rings is 2. The second-order valence-electron chi connectivity index (χ2n) is 6.28. The number of rotatable bonds is 5. The Morgan fingerprint density at radius 1 is 1.04 bits per heavy atom. The van der Waals surface area contributed by atoms with Crippen LogP contribution in [0.3, 0.4) is 0 Å². The highest BCUT2D eigenvalue weighted by Crippen LogP contribution is 2.20. The molecule has 27 heavy (non-hydrogen) atoms. The van der Waals surface area contributed by atoms with Gasteiger partial charge in [0.15, 0.2) is 0 Å². The summed E-state index contributed by atoms with van der Waals surface area (Å²) in [4.78, 5) is 29.2. The van der Waals surface area contributed by atoms with Gasteiger partial charge in [-0.15, -0.1) is 0 Å². The van der Waals surface area contributed by atoms with Crippen LogP contribution < -0.4 is 10.6 Å². The fourth-order valence-corrected chi connectivity index (χ4v) is 3.15. The highest BCUT2D eigenvalue weighted by Gasteiger charge is 2.09. The molecule has 2 aromatic carbocycles. The van der Waals surface area contributed by atoms with Gasteiger partial charge in [0.2, 0.25) is 0 Å². The maximum Gasteiger partial charge on any atom is 0.352 e. The van der Waals surface area contributed by atoms with E-state index in [9.17, 15) is 9.59 Å². The van der Waals surface area contributed by atoms with E-state index in [2.05, 4.69) is 26.7 Å². The van der Waals surface area contributed by atoms with E-state index in [-0.39, 0.29) is 11.7 Å². The number of amides is 2. The van der Waals surface area contributed by atoms with Crippen molar-refractivity contribution in [2.45, 2.75) is 6.42 Å². The van der Waals surface area contributed by atoms with Gasteiger partial charge in [0.25, 0.3) is 0 Å². The summed E-state index contributed by atoms with van der Waals surface area (Å²) < 4.78 is 0. The number of carboxylic acid groups (broad SMARTS) is 1. The summed E-state index contributed by atoms with van der Waals surface area (Å²) in [5, 5.41) is 16.5. The summed E-state index contributed by atoms with van der Waals surface area (Å²) in [6.45, 7) is 0.503. The summed E-state index contributed by atoms with van der Waals surface area (Å²) in [5.41, 5.74) is 3.66. The molecule has 0 aliphatic heterocycles. The lowest BCUT2D eigenvalue weighted by Gasteiger charge is -2.07. The van der Waals surface area contributed by atoms with Crippen molar-refractivity contribution in [2.75, 3.05) is 11.9 Å². The number of aromatic nitrogens is 2. The number of carboxylic acids is 1. The minimum absolute atomic E-state index is 0.116. The molecule has 2 aromatic heterocycles. The number of para-hydroxylation sites is 1. The van der Waals surface area contributed by atoms with Crippen LogP contribution in [0.25, 0.3) is 21.8 Å². The highest BCUT2D eigenvalue weighted by atomic mass is 16.4. The van der Waals surface area contributed by atoms with Gasteiger partial charge in [0.1, 0.15) is 5.69 Å². The predicted molar refractivity (Wildman–Crippen MR) is 104 cm³/mol. The van der Waals surface area contributed by atoms with Crippen LogP contribution in [0.2, 0.25) is 0 Å². The topological polar surface area (TPSA) is 110 Å².